The number of aryl methyl sites for hydroxylation is 1. The smallest absolute Gasteiger partial charge is 0.258 e. The number of benzene rings is 2. The Kier molecular flexibility index (Phi) is 5.72. The molecule has 0 aliphatic carbocycles. The van der Waals surface area contributed by atoms with Crippen LogP contribution in [0.4, 0.5) is 5.13 Å². The quantitative estimate of drug-likeness (QED) is 0.676. The zero-order valence-corrected chi connectivity index (χ0v) is 16.7. The normalized spacial score (nSPS) is 11.3. The van der Waals surface area contributed by atoms with E-state index in [9.17, 15) is 13.2 Å². The van der Waals surface area contributed by atoms with Gasteiger partial charge >= 0.3 is 0 Å². The van der Waals surface area contributed by atoms with Crippen LogP contribution in [0.15, 0.2) is 59.6 Å². The van der Waals surface area contributed by atoms with E-state index in [4.69, 9.17) is 0 Å². The van der Waals surface area contributed by atoms with Crippen molar-refractivity contribution in [2.45, 2.75) is 25.2 Å². The summed E-state index contributed by atoms with van der Waals surface area (Å²) in [5, 5.41) is 3.16. The second-order valence-electron chi connectivity index (χ2n) is 6.15. The van der Waals surface area contributed by atoms with Gasteiger partial charge in [0.25, 0.3) is 5.91 Å². The molecular formula is C20H20N2O3S2. The van der Waals surface area contributed by atoms with Crippen molar-refractivity contribution in [3.05, 3.63) is 76.3 Å². The maximum atomic E-state index is 12.6. The molecule has 0 spiro atoms. The third-order valence-electron chi connectivity index (χ3n) is 4.12. The lowest BCUT2D eigenvalue weighted by Gasteiger charge is -2.08. The van der Waals surface area contributed by atoms with Crippen LogP contribution in [0.1, 0.15) is 33.3 Å². The van der Waals surface area contributed by atoms with Crippen LogP contribution in [0, 0.1) is 6.92 Å². The maximum Gasteiger partial charge on any atom is 0.258 e. The molecule has 0 aliphatic rings. The predicted octanol–water partition coefficient (Wildman–Crippen LogP) is 4.09. The van der Waals surface area contributed by atoms with Gasteiger partial charge in [-0.2, -0.15) is 0 Å². The summed E-state index contributed by atoms with van der Waals surface area (Å²) in [5.74, 6) is -0.534. The average Bonchev–Trinajstić information content (AvgIpc) is 3.10. The number of hydrogen-bond acceptors (Lipinski definition) is 5. The van der Waals surface area contributed by atoms with Gasteiger partial charge in [0.05, 0.1) is 16.2 Å². The number of carbonyl (C=O) groups is 1. The molecule has 1 amide bonds. The van der Waals surface area contributed by atoms with Gasteiger partial charge in [0.1, 0.15) is 0 Å². The molecule has 2 aromatic carbocycles. The van der Waals surface area contributed by atoms with E-state index in [0.717, 1.165) is 11.3 Å². The van der Waals surface area contributed by atoms with Crippen molar-refractivity contribution in [1.29, 1.82) is 0 Å². The molecule has 0 radical (unpaired) electrons. The minimum atomic E-state index is -3.48. The maximum absolute atomic E-state index is 12.6. The summed E-state index contributed by atoms with van der Waals surface area (Å²) in [5.41, 5.74) is 2.51. The second-order valence-corrected chi connectivity index (χ2v) is 9.51. The van der Waals surface area contributed by atoms with Crippen LogP contribution in [-0.2, 0) is 16.3 Å². The standard InChI is InChI=1S/C20H20N2O3S2/c1-3-27(24,25)18-7-5-4-6-17(18)19(23)22-20-21-13-16(26-20)12-15-10-8-14(2)9-11-15/h4-11,13H,3,12H2,1-2H3,(H,21,22,23). The highest BCUT2D eigenvalue weighted by molar-refractivity contribution is 7.91. The largest absolute Gasteiger partial charge is 0.298 e. The highest BCUT2D eigenvalue weighted by Gasteiger charge is 2.21. The minimum absolute atomic E-state index is 0.0430. The third-order valence-corrected chi connectivity index (χ3v) is 6.82. The van der Waals surface area contributed by atoms with Crippen molar-refractivity contribution < 1.29 is 13.2 Å². The van der Waals surface area contributed by atoms with Gasteiger partial charge in [0.15, 0.2) is 15.0 Å². The molecule has 5 nitrogen and oxygen atoms in total. The zero-order chi connectivity index (χ0) is 19.4. The summed E-state index contributed by atoms with van der Waals surface area (Å²) in [7, 11) is -3.48. The highest BCUT2D eigenvalue weighted by Crippen LogP contribution is 2.23. The van der Waals surface area contributed by atoms with Crippen molar-refractivity contribution in [3.63, 3.8) is 0 Å². The molecule has 0 saturated carbocycles. The second kappa shape index (κ2) is 8.02. The molecule has 7 heteroatoms. The van der Waals surface area contributed by atoms with E-state index in [1.807, 2.05) is 6.92 Å². The predicted molar refractivity (Wildman–Crippen MR) is 108 cm³/mol. The van der Waals surface area contributed by atoms with Crippen LogP contribution < -0.4 is 5.32 Å². The number of hydrogen-bond donors (Lipinski definition) is 1. The van der Waals surface area contributed by atoms with Gasteiger partial charge in [0.2, 0.25) is 0 Å². The van der Waals surface area contributed by atoms with Crippen LogP contribution >= 0.6 is 11.3 Å². The highest BCUT2D eigenvalue weighted by atomic mass is 32.2. The first-order valence-electron chi connectivity index (χ1n) is 8.52. The van der Waals surface area contributed by atoms with Gasteiger partial charge in [-0.05, 0) is 24.6 Å². The summed E-state index contributed by atoms with van der Waals surface area (Å²) in [6.07, 6.45) is 2.46. The van der Waals surface area contributed by atoms with Crippen molar-refractivity contribution in [2.24, 2.45) is 0 Å². The number of nitrogens with one attached hydrogen (secondary N) is 1. The van der Waals surface area contributed by atoms with Gasteiger partial charge < -0.3 is 0 Å². The summed E-state index contributed by atoms with van der Waals surface area (Å²) < 4.78 is 24.4. The Hall–Kier alpha value is -2.51. The summed E-state index contributed by atoms with van der Waals surface area (Å²) in [4.78, 5) is 17.9. The molecule has 3 rings (SSSR count). The van der Waals surface area contributed by atoms with Crippen LogP contribution in [0.25, 0.3) is 0 Å². The molecule has 140 valence electrons. The number of sulfone groups is 1. The Balaban J connectivity index is 1.76. The van der Waals surface area contributed by atoms with E-state index in [1.165, 1.54) is 34.6 Å². The third kappa shape index (κ3) is 4.61. The molecule has 0 bridgehead atoms. The van der Waals surface area contributed by atoms with E-state index < -0.39 is 15.7 Å². The lowest BCUT2D eigenvalue weighted by molar-refractivity contribution is 0.102. The molecule has 1 heterocycles. The Morgan fingerprint density at radius 3 is 2.52 bits per heavy atom. The Morgan fingerprint density at radius 1 is 1.11 bits per heavy atom. The molecular weight excluding hydrogens is 380 g/mol. The SMILES string of the molecule is CCS(=O)(=O)c1ccccc1C(=O)Nc1ncc(Cc2ccc(C)cc2)s1. The monoisotopic (exact) mass is 400 g/mol. The summed E-state index contributed by atoms with van der Waals surface area (Å²) in [6, 6.07) is 14.5. The molecule has 3 aromatic rings. The van der Waals surface area contributed by atoms with E-state index in [-0.39, 0.29) is 16.2 Å². The fraction of sp³-hybridized carbons (Fsp3) is 0.200. The van der Waals surface area contributed by atoms with Crippen LogP contribution in [0.2, 0.25) is 0 Å². The van der Waals surface area contributed by atoms with Crippen LogP contribution in [0.5, 0.6) is 0 Å². The van der Waals surface area contributed by atoms with E-state index in [2.05, 4.69) is 34.6 Å². The van der Waals surface area contributed by atoms with Crippen molar-refractivity contribution in [1.82, 2.24) is 4.98 Å². The van der Waals surface area contributed by atoms with Gasteiger partial charge in [0, 0.05) is 17.5 Å². The molecule has 0 aliphatic heterocycles. The minimum Gasteiger partial charge on any atom is -0.298 e. The molecule has 1 N–H and O–H groups in total. The number of rotatable bonds is 6. The number of thiazole rings is 1. The molecule has 0 saturated heterocycles. The number of aromatic nitrogens is 1. The van der Waals surface area contributed by atoms with Crippen LogP contribution in [-0.4, -0.2) is 25.1 Å². The molecule has 0 atom stereocenters. The topological polar surface area (TPSA) is 76.1 Å². The van der Waals surface area contributed by atoms with Gasteiger partial charge in [-0.3, -0.25) is 10.1 Å². The van der Waals surface area contributed by atoms with Crippen molar-refractivity contribution in [2.75, 3.05) is 11.1 Å². The van der Waals surface area contributed by atoms with Crippen molar-refractivity contribution >= 4 is 32.2 Å². The first-order valence-corrected chi connectivity index (χ1v) is 11.0. The van der Waals surface area contributed by atoms with Crippen molar-refractivity contribution in [3.8, 4) is 0 Å². The molecule has 27 heavy (non-hydrogen) atoms. The molecule has 0 fully saturated rings. The number of anilines is 1. The number of amides is 1. The first-order chi connectivity index (χ1) is 12.9. The van der Waals surface area contributed by atoms with Gasteiger partial charge in [-0.25, -0.2) is 13.4 Å². The summed E-state index contributed by atoms with van der Waals surface area (Å²) in [6.45, 7) is 3.60. The van der Waals surface area contributed by atoms with E-state index in [1.54, 1.807) is 25.3 Å². The number of nitrogens with zero attached hydrogens (tertiary/aromatic N) is 1. The Labute approximate surface area is 163 Å². The fourth-order valence-electron chi connectivity index (χ4n) is 2.60. The van der Waals surface area contributed by atoms with Gasteiger partial charge in [-0.15, -0.1) is 11.3 Å². The molecule has 0 unspecified atom stereocenters. The average molecular weight is 401 g/mol. The lowest BCUT2D eigenvalue weighted by Crippen LogP contribution is -2.17. The first kappa shape index (κ1) is 19.3. The molecule has 1 aromatic heterocycles. The Bertz CT molecular complexity index is 1050. The lowest BCUT2D eigenvalue weighted by atomic mass is 10.1. The van der Waals surface area contributed by atoms with E-state index in [0.29, 0.717) is 5.13 Å². The van der Waals surface area contributed by atoms with Gasteiger partial charge in [-0.1, -0.05) is 48.9 Å². The van der Waals surface area contributed by atoms with E-state index >= 15 is 0 Å². The summed E-state index contributed by atoms with van der Waals surface area (Å²) >= 11 is 1.38. The Morgan fingerprint density at radius 2 is 1.81 bits per heavy atom. The zero-order valence-electron chi connectivity index (χ0n) is 15.1. The number of carbonyl (C=O) groups excluding carboxylic acids is 1. The van der Waals surface area contributed by atoms with Crippen LogP contribution in [0.3, 0.4) is 0 Å². The fourth-order valence-corrected chi connectivity index (χ4v) is 4.53.